The van der Waals surface area contributed by atoms with Crippen LogP contribution in [0.5, 0.6) is 0 Å². The zero-order valence-electron chi connectivity index (χ0n) is 12.9. The molecule has 0 spiro atoms. The van der Waals surface area contributed by atoms with Crippen LogP contribution < -0.4 is 5.32 Å². The third kappa shape index (κ3) is 3.76. The van der Waals surface area contributed by atoms with E-state index in [0.29, 0.717) is 5.88 Å². The molecule has 0 atom stereocenters. The van der Waals surface area contributed by atoms with Gasteiger partial charge in [0.1, 0.15) is 22.7 Å². The van der Waals surface area contributed by atoms with Crippen LogP contribution >= 0.6 is 11.6 Å². The maximum atomic E-state index is 5.60. The molecule has 0 radical (unpaired) electrons. The van der Waals surface area contributed by atoms with Crippen LogP contribution in [0, 0.1) is 0 Å². The number of hydrogen-bond donors (Lipinski definition) is 1. The molecule has 2 heterocycles. The van der Waals surface area contributed by atoms with Gasteiger partial charge in [-0.1, -0.05) is 36.4 Å². The molecule has 0 bridgehead atoms. The fourth-order valence-electron chi connectivity index (χ4n) is 2.40. The van der Waals surface area contributed by atoms with Crippen molar-refractivity contribution in [2.24, 2.45) is 0 Å². The minimum atomic E-state index is 0.439. The van der Waals surface area contributed by atoms with Crippen LogP contribution in [0.4, 0.5) is 0 Å². The van der Waals surface area contributed by atoms with Gasteiger partial charge < -0.3 is 14.2 Å². The Balaban J connectivity index is 0.000000136. The van der Waals surface area contributed by atoms with Crippen molar-refractivity contribution in [1.29, 1.82) is 0 Å². The van der Waals surface area contributed by atoms with Crippen molar-refractivity contribution in [3.8, 4) is 0 Å². The van der Waals surface area contributed by atoms with E-state index >= 15 is 0 Å². The molecule has 1 N–H and O–H groups in total. The van der Waals surface area contributed by atoms with E-state index in [0.717, 1.165) is 34.6 Å². The number of halogens is 1. The van der Waals surface area contributed by atoms with Crippen LogP contribution in [0.2, 0.25) is 0 Å². The highest BCUT2D eigenvalue weighted by molar-refractivity contribution is 6.17. The first-order valence-electron chi connectivity index (χ1n) is 7.45. The molecule has 118 valence electrons. The first kappa shape index (κ1) is 15.7. The Morgan fingerprint density at radius 1 is 0.826 bits per heavy atom. The minimum Gasteiger partial charge on any atom is -0.460 e. The Bertz CT molecular complexity index is 828. The zero-order chi connectivity index (χ0) is 16.1. The van der Waals surface area contributed by atoms with Crippen LogP contribution in [-0.4, -0.2) is 7.05 Å². The Labute approximate surface area is 139 Å². The summed E-state index contributed by atoms with van der Waals surface area (Å²) in [5, 5.41) is 5.33. The monoisotopic (exact) mass is 327 g/mol. The second kappa shape index (κ2) is 7.36. The molecule has 4 heteroatoms. The number of rotatable bonds is 3. The van der Waals surface area contributed by atoms with Gasteiger partial charge in [0.05, 0.1) is 12.4 Å². The van der Waals surface area contributed by atoms with E-state index < -0.39 is 0 Å². The lowest BCUT2D eigenvalue weighted by molar-refractivity contribution is 0.531. The summed E-state index contributed by atoms with van der Waals surface area (Å²) in [6.45, 7) is 0.786. The van der Waals surface area contributed by atoms with Crippen LogP contribution in [0.25, 0.3) is 21.9 Å². The van der Waals surface area contributed by atoms with Crippen molar-refractivity contribution in [1.82, 2.24) is 5.32 Å². The molecule has 0 amide bonds. The van der Waals surface area contributed by atoms with Gasteiger partial charge in [-0.15, -0.1) is 11.6 Å². The SMILES string of the molecule is CNCc1cc2ccccc2o1.ClCc1cc2ccccc2o1. The summed E-state index contributed by atoms with van der Waals surface area (Å²) in [4.78, 5) is 0. The van der Waals surface area contributed by atoms with Gasteiger partial charge in [-0.05, 0) is 31.3 Å². The van der Waals surface area contributed by atoms with Crippen LogP contribution in [0.3, 0.4) is 0 Å². The molecule has 23 heavy (non-hydrogen) atoms. The highest BCUT2D eigenvalue weighted by Crippen LogP contribution is 2.19. The maximum Gasteiger partial charge on any atom is 0.134 e. The number of nitrogens with one attached hydrogen (secondary N) is 1. The van der Waals surface area contributed by atoms with Crippen molar-refractivity contribution in [2.45, 2.75) is 12.4 Å². The molecule has 2 aromatic carbocycles. The number of para-hydroxylation sites is 2. The molecule has 4 rings (SSSR count). The third-order valence-electron chi connectivity index (χ3n) is 3.44. The average molecular weight is 328 g/mol. The third-order valence-corrected chi connectivity index (χ3v) is 3.70. The standard InChI is InChI=1S/C10H11NO.C9H7ClO/c1-11-7-9-6-8-4-2-3-5-10(8)12-9;10-6-8-5-7-3-1-2-4-9(7)11-8/h2-6,11H,7H2,1H3;1-5H,6H2. The van der Waals surface area contributed by atoms with Crippen LogP contribution in [-0.2, 0) is 12.4 Å². The number of furan rings is 2. The van der Waals surface area contributed by atoms with Crippen molar-refractivity contribution < 1.29 is 8.83 Å². The Morgan fingerprint density at radius 3 is 1.87 bits per heavy atom. The number of alkyl halides is 1. The smallest absolute Gasteiger partial charge is 0.134 e. The summed E-state index contributed by atoms with van der Waals surface area (Å²) in [6, 6.07) is 19.9. The second-order valence-electron chi connectivity index (χ2n) is 5.17. The summed E-state index contributed by atoms with van der Waals surface area (Å²) >= 11 is 5.60. The molecule has 3 nitrogen and oxygen atoms in total. The summed E-state index contributed by atoms with van der Waals surface area (Å²) < 4.78 is 10.9. The quantitative estimate of drug-likeness (QED) is 0.517. The van der Waals surface area contributed by atoms with Crippen molar-refractivity contribution >= 4 is 33.5 Å². The first-order valence-corrected chi connectivity index (χ1v) is 7.99. The van der Waals surface area contributed by atoms with Gasteiger partial charge >= 0.3 is 0 Å². The van der Waals surface area contributed by atoms with Crippen molar-refractivity contribution in [3.05, 3.63) is 72.2 Å². The largest absolute Gasteiger partial charge is 0.460 e. The number of fused-ring (bicyclic) bond motifs is 2. The zero-order valence-corrected chi connectivity index (χ0v) is 13.6. The molecule has 0 aliphatic carbocycles. The summed E-state index contributed by atoms with van der Waals surface area (Å²) in [7, 11) is 1.91. The normalized spacial score (nSPS) is 10.7. The summed E-state index contributed by atoms with van der Waals surface area (Å²) in [5.74, 6) is 2.25. The average Bonchev–Trinajstić information content (AvgIpc) is 3.18. The molecular weight excluding hydrogens is 310 g/mol. The van der Waals surface area contributed by atoms with Gasteiger partial charge in [0, 0.05) is 10.8 Å². The molecule has 0 aliphatic rings. The van der Waals surface area contributed by atoms with E-state index in [-0.39, 0.29) is 0 Å². The molecular formula is C19H18ClNO2. The fourth-order valence-corrected chi connectivity index (χ4v) is 2.53. The Hall–Kier alpha value is -2.23. The highest BCUT2D eigenvalue weighted by atomic mass is 35.5. The fraction of sp³-hybridized carbons (Fsp3) is 0.158. The maximum absolute atomic E-state index is 5.60. The van der Waals surface area contributed by atoms with Crippen LogP contribution in [0.15, 0.2) is 69.5 Å². The molecule has 0 saturated carbocycles. The van der Waals surface area contributed by atoms with E-state index in [9.17, 15) is 0 Å². The lowest BCUT2D eigenvalue weighted by Gasteiger charge is -1.90. The van der Waals surface area contributed by atoms with Gasteiger partial charge in [0.15, 0.2) is 0 Å². The lowest BCUT2D eigenvalue weighted by Crippen LogP contribution is -2.03. The molecule has 0 unspecified atom stereocenters. The van der Waals surface area contributed by atoms with E-state index in [4.69, 9.17) is 20.4 Å². The number of hydrogen-bond acceptors (Lipinski definition) is 3. The van der Waals surface area contributed by atoms with Gasteiger partial charge in [-0.25, -0.2) is 0 Å². The molecule has 0 aliphatic heterocycles. The highest BCUT2D eigenvalue weighted by Gasteiger charge is 2.00. The van der Waals surface area contributed by atoms with Gasteiger partial charge in [0.25, 0.3) is 0 Å². The number of benzene rings is 2. The van der Waals surface area contributed by atoms with E-state index in [1.54, 1.807) is 0 Å². The van der Waals surface area contributed by atoms with E-state index in [1.807, 2.05) is 55.6 Å². The lowest BCUT2D eigenvalue weighted by atomic mass is 10.2. The van der Waals surface area contributed by atoms with Gasteiger partial charge in [-0.3, -0.25) is 0 Å². The molecule has 4 aromatic rings. The predicted octanol–water partition coefficient (Wildman–Crippen LogP) is 5.32. The van der Waals surface area contributed by atoms with Crippen molar-refractivity contribution in [2.75, 3.05) is 7.05 Å². The first-order chi connectivity index (χ1) is 11.3. The van der Waals surface area contributed by atoms with Gasteiger partial charge in [0.2, 0.25) is 0 Å². The van der Waals surface area contributed by atoms with Crippen LogP contribution in [0.1, 0.15) is 11.5 Å². The summed E-state index contributed by atoms with van der Waals surface area (Å²) in [5.41, 5.74) is 1.87. The minimum absolute atomic E-state index is 0.439. The van der Waals surface area contributed by atoms with E-state index in [2.05, 4.69) is 17.4 Å². The molecule has 0 fully saturated rings. The summed E-state index contributed by atoms with van der Waals surface area (Å²) in [6.07, 6.45) is 0. The van der Waals surface area contributed by atoms with Crippen molar-refractivity contribution in [3.63, 3.8) is 0 Å². The van der Waals surface area contributed by atoms with E-state index in [1.165, 1.54) is 5.39 Å². The second-order valence-corrected chi connectivity index (χ2v) is 5.43. The molecule has 2 aromatic heterocycles. The topological polar surface area (TPSA) is 38.3 Å². The molecule has 0 saturated heterocycles. The Morgan fingerprint density at radius 2 is 1.35 bits per heavy atom. The van der Waals surface area contributed by atoms with Gasteiger partial charge in [-0.2, -0.15) is 0 Å². The Kier molecular flexibility index (Phi) is 5.01. The predicted molar refractivity (Wildman–Crippen MR) is 94.7 cm³/mol.